The molecule has 0 saturated heterocycles. The van der Waals surface area contributed by atoms with Crippen molar-refractivity contribution < 1.29 is 23.9 Å². The van der Waals surface area contributed by atoms with E-state index in [9.17, 15) is 14.4 Å². The van der Waals surface area contributed by atoms with Gasteiger partial charge in [0.15, 0.2) is 6.61 Å². The third kappa shape index (κ3) is 6.98. The van der Waals surface area contributed by atoms with Gasteiger partial charge < -0.3 is 9.47 Å². The molecule has 0 unspecified atom stereocenters. The predicted octanol–water partition coefficient (Wildman–Crippen LogP) is 1.10. The fourth-order valence-electron chi connectivity index (χ4n) is 0.834. The van der Waals surface area contributed by atoms with E-state index in [0.717, 1.165) is 0 Å². The molecule has 0 fully saturated rings. The van der Waals surface area contributed by atoms with E-state index < -0.39 is 18.5 Å². The highest BCUT2D eigenvalue weighted by atomic mass is 16.6. The SMILES string of the molecule is CC(C)OC(=O)COC(=O)CC(=O)C(C)C. The van der Waals surface area contributed by atoms with Crippen molar-refractivity contribution in [1.29, 1.82) is 0 Å². The number of carbonyl (C=O) groups excluding carboxylic acids is 3. The Morgan fingerprint density at radius 3 is 2.00 bits per heavy atom. The molecule has 0 aliphatic carbocycles. The molecule has 0 saturated carbocycles. The molecule has 0 aromatic carbocycles. The quantitative estimate of drug-likeness (QED) is 0.504. The normalized spacial score (nSPS) is 10.4. The van der Waals surface area contributed by atoms with Crippen molar-refractivity contribution in [3.05, 3.63) is 0 Å². The maximum absolute atomic E-state index is 11.2. The van der Waals surface area contributed by atoms with Crippen LogP contribution in [0.5, 0.6) is 0 Å². The lowest BCUT2D eigenvalue weighted by Gasteiger charge is -2.08. The molecule has 0 aromatic rings. The largest absolute Gasteiger partial charge is 0.460 e. The van der Waals surface area contributed by atoms with Gasteiger partial charge in [-0.2, -0.15) is 0 Å². The van der Waals surface area contributed by atoms with Crippen LogP contribution < -0.4 is 0 Å². The van der Waals surface area contributed by atoms with Gasteiger partial charge in [-0.15, -0.1) is 0 Å². The van der Waals surface area contributed by atoms with Crippen LogP contribution in [0.25, 0.3) is 0 Å². The van der Waals surface area contributed by atoms with Gasteiger partial charge in [0.2, 0.25) is 0 Å². The molecule has 0 aliphatic rings. The summed E-state index contributed by atoms with van der Waals surface area (Å²) in [6.07, 6.45) is -0.546. The second-order valence-electron chi connectivity index (χ2n) is 4.00. The second-order valence-corrected chi connectivity index (χ2v) is 4.00. The summed E-state index contributed by atoms with van der Waals surface area (Å²) in [7, 11) is 0. The number of hydrogen-bond donors (Lipinski definition) is 0. The molecule has 16 heavy (non-hydrogen) atoms. The molecule has 0 atom stereocenters. The molecular weight excluding hydrogens is 212 g/mol. The molecule has 5 nitrogen and oxygen atoms in total. The highest BCUT2D eigenvalue weighted by molar-refractivity contribution is 5.96. The van der Waals surface area contributed by atoms with Gasteiger partial charge in [-0.05, 0) is 13.8 Å². The minimum absolute atomic E-state index is 0.206. The van der Waals surface area contributed by atoms with Gasteiger partial charge in [0.25, 0.3) is 0 Å². The van der Waals surface area contributed by atoms with E-state index in [1.807, 2.05) is 0 Å². The Balaban J connectivity index is 3.82. The van der Waals surface area contributed by atoms with Crippen LogP contribution in [0.15, 0.2) is 0 Å². The van der Waals surface area contributed by atoms with Crippen molar-refractivity contribution in [2.75, 3.05) is 6.61 Å². The van der Waals surface area contributed by atoms with Crippen LogP contribution in [0.1, 0.15) is 34.1 Å². The smallest absolute Gasteiger partial charge is 0.344 e. The topological polar surface area (TPSA) is 69.7 Å². The fraction of sp³-hybridized carbons (Fsp3) is 0.727. The molecule has 0 spiro atoms. The van der Waals surface area contributed by atoms with Gasteiger partial charge in [0, 0.05) is 5.92 Å². The lowest BCUT2D eigenvalue weighted by molar-refractivity contribution is -0.162. The van der Waals surface area contributed by atoms with E-state index in [2.05, 4.69) is 4.74 Å². The van der Waals surface area contributed by atoms with Crippen molar-refractivity contribution in [3.8, 4) is 0 Å². The van der Waals surface area contributed by atoms with Crippen molar-refractivity contribution in [3.63, 3.8) is 0 Å². The Hall–Kier alpha value is -1.39. The standard InChI is InChI=1S/C11H18O5/c1-7(2)9(12)5-10(13)15-6-11(14)16-8(3)4/h7-8H,5-6H2,1-4H3. The molecule has 0 radical (unpaired) electrons. The number of Topliss-reactive ketones (excluding diaryl/α,β-unsaturated/α-hetero) is 1. The first-order valence-electron chi connectivity index (χ1n) is 5.20. The molecule has 0 N–H and O–H groups in total. The van der Waals surface area contributed by atoms with Crippen LogP contribution in [0.4, 0.5) is 0 Å². The van der Waals surface area contributed by atoms with Crippen molar-refractivity contribution in [2.24, 2.45) is 5.92 Å². The van der Waals surface area contributed by atoms with Gasteiger partial charge in [-0.3, -0.25) is 9.59 Å². The monoisotopic (exact) mass is 230 g/mol. The van der Waals surface area contributed by atoms with Gasteiger partial charge in [-0.25, -0.2) is 4.79 Å². The first kappa shape index (κ1) is 14.6. The summed E-state index contributed by atoms with van der Waals surface area (Å²) in [4.78, 5) is 33.2. The van der Waals surface area contributed by atoms with Crippen LogP contribution >= 0.6 is 0 Å². The van der Waals surface area contributed by atoms with Crippen molar-refractivity contribution in [1.82, 2.24) is 0 Å². The maximum Gasteiger partial charge on any atom is 0.344 e. The van der Waals surface area contributed by atoms with E-state index in [-0.39, 0.29) is 24.2 Å². The van der Waals surface area contributed by atoms with E-state index in [4.69, 9.17) is 4.74 Å². The number of ether oxygens (including phenoxy) is 2. The molecule has 0 aromatic heterocycles. The van der Waals surface area contributed by atoms with Gasteiger partial charge in [0.05, 0.1) is 6.10 Å². The summed E-state index contributed by atoms with van der Waals surface area (Å²) in [6, 6.07) is 0. The van der Waals surface area contributed by atoms with Gasteiger partial charge >= 0.3 is 11.9 Å². The summed E-state index contributed by atoms with van der Waals surface area (Å²) in [5, 5.41) is 0. The highest BCUT2D eigenvalue weighted by Crippen LogP contribution is 2.00. The zero-order valence-electron chi connectivity index (χ0n) is 10.1. The second kappa shape index (κ2) is 6.98. The molecule has 5 heteroatoms. The predicted molar refractivity (Wildman–Crippen MR) is 56.6 cm³/mol. The average Bonchev–Trinajstić information content (AvgIpc) is 2.13. The summed E-state index contributed by atoms with van der Waals surface area (Å²) in [6.45, 7) is 6.34. The number of rotatable bonds is 6. The number of ketones is 1. The van der Waals surface area contributed by atoms with Crippen LogP contribution in [0.2, 0.25) is 0 Å². The zero-order valence-corrected chi connectivity index (χ0v) is 10.1. The third-order valence-corrected chi connectivity index (χ3v) is 1.68. The van der Waals surface area contributed by atoms with E-state index >= 15 is 0 Å². The fourth-order valence-corrected chi connectivity index (χ4v) is 0.834. The maximum atomic E-state index is 11.2. The lowest BCUT2D eigenvalue weighted by atomic mass is 10.1. The molecule has 0 bridgehead atoms. The third-order valence-electron chi connectivity index (χ3n) is 1.68. The molecule has 92 valence electrons. The van der Waals surface area contributed by atoms with E-state index in [0.29, 0.717) is 0 Å². The van der Waals surface area contributed by atoms with Gasteiger partial charge in [-0.1, -0.05) is 13.8 Å². The summed E-state index contributed by atoms with van der Waals surface area (Å²) < 4.78 is 9.34. The zero-order chi connectivity index (χ0) is 12.7. The molecule has 0 rings (SSSR count). The Kier molecular flexibility index (Phi) is 6.37. The Bertz CT molecular complexity index is 268. The molecule has 0 aliphatic heterocycles. The van der Waals surface area contributed by atoms with Gasteiger partial charge in [0.1, 0.15) is 12.2 Å². The summed E-state index contributed by atoms with van der Waals surface area (Å²) >= 11 is 0. The Labute approximate surface area is 95.1 Å². The number of carbonyl (C=O) groups is 3. The Morgan fingerprint density at radius 2 is 1.56 bits per heavy atom. The van der Waals surface area contributed by atoms with Crippen LogP contribution in [0, 0.1) is 5.92 Å². The van der Waals surface area contributed by atoms with Crippen molar-refractivity contribution >= 4 is 17.7 Å². The average molecular weight is 230 g/mol. The van der Waals surface area contributed by atoms with Crippen LogP contribution in [-0.4, -0.2) is 30.4 Å². The summed E-state index contributed by atoms with van der Waals surface area (Å²) in [5.74, 6) is -1.72. The highest BCUT2D eigenvalue weighted by Gasteiger charge is 2.15. The number of hydrogen-bond acceptors (Lipinski definition) is 5. The molecule has 0 heterocycles. The Morgan fingerprint density at radius 1 is 1.00 bits per heavy atom. The lowest BCUT2D eigenvalue weighted by Crippen LogP contribution is -2.21. The van der Waals surface area contributed by atoms with Crippen LogP contribution in [-0.2, 0) is 23.9 Å². The first-order chi connectivity index (χ1) is 7.32. The van der Waals surface area contributed by atoms with Crippen LogP contribution in [0.3, 0.4) is 0 Å². The van der Waals surface area contributed by atoms with E-state index in [1.165, 1.54) is 0 Å². The van der Waals surface area contributed by atoms with E-state index in [1.54, 1.807) is 27.7 Å². The minimum atomic E-state index is -0.695. The molecular formula is C11H18O5. The minimum Gasteiger partial charge on any atom is -0.460 e. The first-order valence-corrected chi connectivity index (χ1v) is 5.20. The van der Waals surface area contributed by atoms with Crippen molar-refractivity contribution in [2.45, 2.75) is 40.2 Å². The number of esters is 2. The molecule has 0 amide bonds. The summed E-state index contributed by atoms with van der Waals surface area (Å²) in [5.41, 5.74) is 0.